The second-order valence-electron chi connectivity index (χ2n) is 6.86. The molecule has 5 unspecified atom stereocenters. The van der Waals surface area contributed by atoms with Crippen molar-refractivity contribution in [3.63, 3.8) is 0 Å². The fourth-order valence-electron chi connectivity index (χ4n) is 3.82. The highest BCUT2D eigenvalue weighted by molar-refractivity contribution is 4.90. The summed E-state index contributed by atoms with van der Waals surface area (Å²) in [4.78, 5) is 2.82. The number of nitrogens with one attached hydrogen (secondary N) is 1. The van der Waals surface area contributed by atoms with Gasteiger partial charge < -0.3 is 5.32 Å². The van der Waals surface area contributed by atoms with Crippen molar-refractivity contribution in [3.05, 3.63) is 0 Å². The van der Waals surface area contributed by atoms with Gasteiger partial charge in [-0.2, -0.15) is 0 Å². The number of piperazine rings is 1. The van der Waals surface area contributed by atoms with E-state index in [1.54, 1.807) is 0 Å². The molecule has 1 saturated carbocycles. The Labute approximate surface area is 114 Å². The van der Waals surface area contributed by atoms with E-state index in [1.165, 1.54) is 45.2 Å². The molecule has 0 radical (unpaired) electrons. The maximum absolute atomic E-state index is 3.72. The maximum atomic E-state index is 3.72. The van der Waals surface area contributed by atoms with Crippen LogP contribution in [0.2, 0.25) is 0 Å². The minimum atomic E-state index is 0.726. The fraction of sp³-hybridized carbons (Fsp3) is 1.00. The molecule has 1 aliphatic heterocycles. The van der Waals surface area contributed by atoms with Crippen LogP contribution in [0.1, 0.15) is 59.8 Å². The summed E-state index contributed by atoms with van der Waals surface area (Å²) in [5.74, 6) is 1.85. The lowest BCUT2D eigenvalue weighted by atomic mass is 9.78. The van der Waals surface area contributed by atoms with E-state index in [2.05, 4.69) is 37.9 Å². The average Bonchev–Trinajstić information content (AvgIpc) is 2.35. The summed E-state index contributed by atoms with van der Waals surface area (Å²) in [5, 5.41) is 3.72. The van der Waals surface area contributed by atoms with E-state index in [4.69, 9.17) is 0 Å². The molecule has 0 bridgehead atoms. The summed E-state index contributed by atoms with van der Waals surface area (Å²) < 4.78 is 0. The molecule has 0 aromatic rings. The highest BCUT2D eigenvalue weighted by atomic mass is 15.2. The minimum absolute atomic E-state index is 0.726. The summed E-state index contributed by atoms with van der Waals surface area (Å²) in [7, 11) is 0. The molecule has 2 heteroatoms. The fourth-order valence-corrected chi connectivity index (χ4v) is 3.82. The zero-order valence-corrected chi connectivity index (χ0v) is 12.8. The smallest absolute Gasteiger partial charge is 0.0196 e. The Morgan fingerprint density at radius 2 is 1.89 bits per heavy atom. The Morgan fingerprint density at radius 1 is 1.11 bits per heavy atom. The summed E-state index contributed by atoms with van der Waals surface area (Å²) in [6.45, 7) is 12.0. The summed E-state index contributed by atoms with van der Waals surface area (Å²) >= 11 is 0. The molecular weight excluding hydrogens is 220 g/mol. The van der Waals surface area contributed by atoms with Crippen LogP contribution in [0.25, 0.3) is 0 Å². The van der Waals surface area contributed by atoms with Crippen molar-refractivity contribution >= 4 is 0 Å². The number of nitrogens with zero attached hydrogens (tertiary/aromatic N) is 1. The van der Waals surface area contributed by atoms with Crippen LogP contribution in [-0.4, -0.2) is 36.1 Å². The molecule has 5 atom stereocenters. The van der Waals surface area contributed by atoms with Crippen LogP contribution < -0.4 is 5.32 Å². The van der Waals surface area contributed by atoms with Gasteiger partial charge in [0, 0.05) is 31.2 Å². The monoisotopic (exact) mass is 252 g/mol. The first-order valence-electron chi connectivity index (χ1n) is 8.11. The zero-order chi connectivity index (χ0) is 13.1. The van der Waals surface area contributed by atoms with Gasteiger partial charge in [0.25, 0.3) is 0 Å². The van der Waals surface area contributed by atoms with Crippen molar-refractivity contribution < 1.29 is 0 Å². The van der Waals surface area contributed by atoms with Crippen molar-refractivity contribution in [2.45, 2.75) is 77.9 Å². The van der Waals surface area contributed by atoms with Crippen molar-refractivity contribution in [1.29, 1.82) is 0 Å². The third-order valence-corrected chi connectivity index (χ3v) is 5.38. The molecule has 0 aromatic carbocycles. The third kappa shape index (κ3) is 3.27. The van der Waals surface area contributed by atoms with Gasteiger partial charge in [-0.05, 0) is 44.4 Å². The third-order valence-electron chi connectivity index (χ3n) is 5.38. The predicted molar refractivity (Wildman–Crippen MR) is 78.8 cm³/mol. The molecular formula is C16H32N2. The molecule has 2 nitrogen and oxygen atoms in total. The largest absolute Gasteiger partial charge is 0.311 e. The lowest BCUT2D eigenvalue weighted by Gasteiger charge is -2.46. The Hall–Kier alpha value is -0.0800. The first kappa shape index (κ1) is 14.3. The first-order valence-corrected chi connectivity index (χ1v) is 8.11. The van der Waals surface area contributed by atoms with Crippen LogP contribution in [0.4, 0.5) is 0 Å². The summed E-state index contributed by atoms with van der Waals surface area (Å²) in [5.41, 5.74) is 0. The Kier molecular flexibility index (Phi) is 5.08. The van der Waals surface area contributed by atoms with E-state index in [0.717, 1.165) is 30.0 Å². The molecule has 0 spiro atoms. The number of hydrogen-bond acceptors (Lipinski definition) is 2. The van der Waals surface area contributed by atoms with Gasteiger partial charge in [0.2, 0.25) is 0 Å². The van der Waals surface area contributed by atoms with Crippen molar-refractivity contribution in [3.8, 4) is 0 Å². The van der Waals surface area contributed by atoms with Gasteiger partial charge in [-0.15, -0.1) is 0 Å². The summed E-state index contributed by atoms with van der Waals surface area (Å²) in [6, 6.07) is 2.32. The lowest BCUT2D eigenvalue weighted by molar-refractivity contribution is 0.0445. The predicted octanol–water partition coefficient (Wildman–Crippen LogP) is 3.27. The van der Waals surface area contributed by atoms with Gasteiger partial charge in [0.15, 0.2) is 0 Å². The first-order chi connectivity index (χ1) is 8.61. The van der Waals surface area contributed by atoms with Gasteiger partial charge in [0.05, 0.1) is 0 Å². The molecule has 1 N–H and O–H groups in total. The molecule has 0 aromatic heterocycles. The van der Waals surface area contributed by atoms with Gasteiger partial charge in [-0.3, -0.25) is 4.90 Å². The van der Waals surface area contributed by atoms with Crippen LogP contribution in [0, 0.1) is 11.8 Å². The molecule has 0 amide bonds. The molecule has 1 heterocycles. The van der Waals surface area contributed by atoms with E-state index >= 15 is 0 Å². The van der Waals surface area contributed by atoms with Crippen LogP contribution in [0.15, 0.2) is 0 Å². The van der Waals surface area contributed by atoms with Gasteiger partial charge in [-0.25, -0.2) is 0 Å². The molecule has 18 heavy (non-hydrogen) atoms. The minimum Gasteiger partial charge on any atom is -0.311 e. The standard InChI is InChI=1S/C16H32N2/c1-5-6-15-11-18(14(4)10-17-15)16-8-7-12(2)13(3)9-16/h12-17H,5-11H2,1-4H3. The second-order valence-corrected chi connectivity index (χ2v) is 6.86. The van der Waals surface area contributed by atoms with Gasteiger partial charge in [0.1, 0.15) is 0 Å². The van der Waals surface area contributed by atoms with Crippen LogP contribution >= 0.6 is 0 Å². The normalized spacial score (nSPS) is 43.0. The van der Waals surface area contributed by atoms with Crippen LogP contribution in [-0.2, 0) is 0 Å². The maximum Gasteiger partial charge on any atom is 0.0196 e. The second kappa shape index (κ2) is 6.38. The van der Waals surface area contributed by atoms with Crippen molar-refractivity contribution in [2.75, 3.05) is 13.1 Å². The van der Waals surface area contributed by atoms with Crippen LogP contribution in [0.3, 0.4) is 0 Å². The van der Waals surface area contributed by atoms with Crippen molar-refractivity contribution in [2.24, 2.45) is 11.8 Å². The zero-order valence-electron chi connectivity index (χ0n) is 12.8. The Morgan fingerprint density at radius 3 is 2.56 bits per heavy atom. The number of hydrogen-bond donors (Lipinski definition) is 1. The highest BCUT2D eigenvalue weighted by Gasteiger charge is 2.34. The lowest BCUT2D eigenvalue weighted by Crippen LogP contribution is -2.59. The van der Waals surface area contributed by atoms with E-state index in [0.29, 0.717) is 0 Å². The molecule has 1 aliphatic carbocycles. The van der Waals surface area contributed by atoms with Crippen LogP contribution in [0.5, 0.6) is 0 Å². The van der Waals surface area contributed by atoms with Crippen molar-refractivity contribution in [1.82, 2.24) is 10.2 Å². The van der Waals surface area contributed by atoms with Gasteiger partial charge >= 0.3 is 0 Å². The quantitative estimate of drug-likeness (QED) is 0.829. The summed E-state index contributed by atoms with van der Waals surface area (Å²) in [6.07, 6.45) is 6.92. The molecule has 106 valence electrons. The van der Waals surface area contributed by atoms with E-state index in [1.807, 2.05) is 0 Å². The SMILES string of the molecule is CCCC1CN(C2CCC(C)C(C)C2)C(C)CN1. The highest BCUT2D eigenvalue weighted by Crippen LogP contribution is 2.33. The topological polar surface area (TPSA) is 15.3 Å². The Bertz CT molecular complexity index is 253. The molecule has 2 fully saturated rings. The Balaban J connectivity index is 1.93. The molecule has 2 rings (SSSR count). The van der Waals surface area contributed by atoms with E-state index in [-0.39, 0.29) is 0 Å². The van der Waals surface area contributed by atoms with Gasteiger partial charge in [-0.1, -0.05) is 27.2 Å². The van der Waals surface area contributed by atoms with E-state index < -0.39 is 0 Å². The van der Waals surface area contributed by atoms with E-state index in [9.17, 15) is 0 Å². The molecule has 1 saturated heterocycles. The number of rotatable bonds is 3. The molecule has 2 aliphatic rings. The average molecular weight is 252 g/mol.